The van der Waals surface area contributed by atoms with Crippen molar-refractivity contribution in [1.82, 2.24) is 16.2 Å². The maximum atomic E-state index is 12.3. The molecule has 1 aliphatic rings. The number of nitrogens with one attached hydrogen (secondary N) is 3. The molecular formula is C14H15ClN4O4. The average Bonchev–Trinajstić information content (AvgIpc) is 2.77. The first-order valence-corrected chi connectivity index (χ1v) is 7.17. The first kappa shape index (κ1) is 16.9. The molecule has 1 aromatic rings. The van der Waals surface area contributed by atoms with Crippen molar-refractivity contribution in [2.75, 3.05) is 11.4 Å². The number of amides is 4. The number of imide groups is 1. The van der Waals surface area contributed by atoms with E-state index in [4.69, 9.17) is 11.6 Å². The van der Waals surface area contributed by atoms with Crippen molar-refractivity contribution in [3.63, 3.8) is 0 Å². The molecule has 2 rings (SSSR count). The molecule has 1 heterocycles. The van der Waals surface area contributed by atoms with Crippen LogP contribution in [-0.2, 0) is 19.2 Å². The van der Waals surface area contributed by atoms with Gasteiger partial charge in [-0.2, -0.15) is 0 Å². The number of carbonyl (C=O) groups excluding carboxylic acids is 4. The van der Waals surface area contributed by atoms with E-state index in [0.717, 1.165) is 4.90 Å². The summed E-state index contributed by atoms with van der Waals surface area (Å²) in [4.78, 5) is 47.5. The molecule has 1 aromatic carbocycles. The van der Waals surface area contributed by atoms with Gasteiger partial charge in [-0.3, -0.25) is 24.6 Å². The van der Waals surface area contributed by atoms with E-state index in [2.05, 4.69) is 16.2 Å². The Balaban J connectivity index is 1.96. The highest BCUT2D eigenvalue weighted by Gasteiger charge is 2.39. The molecule has 4 amide bonds. The van der Waals surface area contributed by atoms with Gasteiger partial charge in [-0.25, -0.2) is 10.3 Å². The molecule has 0 spiro atoms. The van der Waals surface area contributed by atoms with E-state index in [9.17, 15) is 19.2 Å². The van der Waals surface area contributed by atoms with E-state index in [1.807, 2.05) is 0 Å². The number of halogens is 1. The van der Waals surface area contributed by atoms with E-state index >= 15 is 0 Å². The fraction of sp³-hybridized carbons (Fsp3) is 0.286. The van der Waals surface area contributed by atoms with Crippen molar-refractivity contribution in [1.29, 1.82) is 0 Å². The standard InChI is InChI=1S/C14H15ClN4O4/c1-8(20)16-7-12(21)18-17-11-6-13(22)19(14(11)23)10-4-2-3-9(15)5-10/h2-5,11,17H,6-7H2,1H3,(H,16,20)(H,18,21)/t11-/m1/s1. The summed E-state index contributed by atoms with van der Waals surface area (Å²) in [6.45, 7) is 1.05. The lowest BCUT2D eigenvalue weighted by Crippen LogP contribution is -2.50. The van der Waals surface area contributed by atoms with Crippen molar-refractivity contribution in [2.45, 2.75) is 19.4 Å². The van der Waals surface area contributed by atoms with Crippen molar-refractivity contribution in [3.05, 3.63) is 29.3 Å². The predicted octanol–water partition coefficient (Wildman–Crippen LogP) is -0.271. The highest BCUT2D eigenvalue weighted by molar-refractivity contribution is 6.31. The van der Waals surface area contributed by atoms with Crippen LogP contribution in [0.25, 0.3) is 0 Å². The van der Waals surface area contributed by atoms with Crippen molar-refractivity contribution >= 4 is 40.9 Å². The molecule has 0 unspecified atom stereocenters. The predicted molar refractivity (Wildman–Crippen MR) is 82.3 cm³/mol. The molecule has 122 valence electrons. The van der Waals surface area contributed by atoms with Crippen LogP contribution in [0.3, 0.4) is 0 Å². The maximum absolute atomic E-state index is 12.3. The number of rotatable bonds is 5. The zero-order valence-corrected chi connectivity index (χ0v) is 13.0. The van der Waals surface area contributed by atoms with Gasteiger partial charge in [0.25, 0.3) is 11.8 Å². The monoisotopic (exact) mass is 338 g/mol. The second-order valence-electron chi connectivity index (χ2n) is 4.91. The van der Waals surface area contributed by atoms with Gasteiger partial charge < -0.3 is 5.32 Å². The van der Waals surface area contributed by atoms with Crippen molar-refractivity contribution in [2.24, 2.45) is 0 Å². The van der Waals surface area contributed by atoms with Crippen LogP contribution in [0.1, 0.15) is 13.3 Å². The average molecular weight is 339 g/mol. The first-order valence-electron chi connectivity index (χ1n) is 6.79. The summed E-state index contributed by atoms with van der Waals surface area (Å²) in [5.74, 6) is -1.76. The lowest BCUT2D eigenvalue weighted by Gasteiger charge is -2.16. The molecule has 0 aliphatic carbocycles. The number of hydrazine groups is 1. The molecule has 8 nitrogen and oxygen atoms in total. The summed E-state index contributed by atoms with van der Waals surface area (Å²) in [5, 5.41) is 2.72. The lowest BCUT2D eigenvalue weighted by molar-refractivity contribution is -0.126. The zero-order valence-electron chi connectivity index (χ0n) is 12.3. The Bertz CT molecular complexity index is 664. The molecule has 0 saturated carbocycles. The molecule has 1 fully saturated rings. The molecule has 1 saturated heterocycles. The van der Waals surface area contributed by atoms with Crippen LogP contribution in [0.4, 0.5) is 5.69 Å². The summed E-state index contributed by atoms with van der Waals surface area (Å²) >= 11 is 5.86. The van der Waals surface area contributed by atoms with E-state index in [-0.39, 0.29) is 18.9 Å². The topological polar surface area (TPSA) is 108 Å². The van der Waals surface area contributed by atoms with Gasteiger partial charge in [0, 0.05) is 11.9 Å². The van der Waals surface area contributed by atoms with Gasteiger partial charge in [0.05, 0.1) is 18.7 Å². The minimum Gasteiger partial charge on any atom is -0.347 e. The van der Waals surface area contributed by atoms with Gasteiger partial charge >= 0.3 is 0 Å². The van der Waals surface area contributed by atoms with Crippen LogP contribution in [0, 0.1) is 0 Å². The molecule has 9 heteroatoms. The van der Waals surface area contributed by atoms with Crippen LogP contribution >= 0.6 is 11.6 Å². The zero-order chi connectivity index (χ0) is 17.0. The number of carbonyl (C=O) groups is 4. The summed E-state index contributed by atoms with van der Waals surface area (Å²) in [5.41, 5.74) is 5.16. The SMILES string of the molecule is CC(=O)NCC(=O)NN[C@@H]1CC(=O)N(c2cccc(Cl)c2)C1=O. The second-order valence-corrected chi connectivity index (χ2v) is 5.34. The van der Waals surface area contributed by atoms with Gasteiger partial charge in [0.1, 0.15) is 6.04 Å². The quantitative estimate of drug-likeness (QED) is 0.506. The Hall–Kier alpha value is -2.45. The van der Waals surface area contributed by atoms with Crippen molar-refractivity contribution < 1.29 is 19.2 Å². The van der Waals surface area contributed by atoms with Crippen molar-refractivity contribution in [3.8, 4) is 0 Å². The molecule has 3 N–H and O–H groups in total. The normalized spacial score (nSPS) is 17.3. The fourth-order valence-electron chi connectivity index (χ4n) is 2.05. The van der Waals surface area contributed by atoms with Crippen LogP contribution < -0.4 is 21.1 Å². The summed E-state index contributed by atoms with van der Waals surface area (Å²) in [6.07, 6.45) is -0.0915. The third-order valence-electron chi connectivity index (χ3n) is 3.10. The van der Waals surface area contributed by atoms with E-state index in [1.54, 1.807) is 18.2 Å². The third-order valence-corrected chi connectivity index (χ3v) is 3.33. The molecular weight excluding hydrogens is 324 g/mol. The molecule has 0 aromatic heterocycles. The van der Waals surface area contributed by atoms with Gasteiger partial charge in [0.15, 0.2) is 0 Å². The minimum atomic E-state index is -0.872. The maximum Gasteiger partial charge on any atom is 0.253 e. The van der Waals surface area contributed by atoms with Crippen LogP contribution in [0.2, 0.25) is 5.02 Å². The minimum absolute atomic E-state index is 0.0915. The molecule has 0 radical (unpaired) electrons. The smallest absolute Gasteiger partial charge is 0.253 e. The van der Waals surface area contributed by atoms with Crippen LogP contribution in [0.15, 0.2) is 24.3 Å². The number of hydrogen-bond acceptors (Lipinski definition) is 5. The Labute approximate surface area is 137 Å². The van der Waals surface area contributed by atoms with Gasteiger partial charge in [-0.05, 0) is 18.2 Å². The molecule has 23 heavy (non-hydrogen) atoms. The molecule has 1 atom stereocenters. The molecule has 0 bridgehead atoms. The van der Waals surface area contributed by atoms with Crippen LogP contribution in [0.5, 0.6) is 0 Å². The second kappa shape index (κ2) is 7.21. The third kappa shape index (κ3) is 4.27. The van der Waals surface area contributed by atoms with Gasteiger partial charge in [-0.1, -0.05) is 17.7 Å². The van der Waals surface area contributed by atoms with E-state index in [1.165, 1.54) is 13.0 Å². The van der Waals surface area contributed by atoms with E-state index < -0.39 is 23.8 Å². The highest BCUT2D eigenvalue weighted by Crippen LogP contribution is 2.25. The number of hydrogen-bond donors (Lipinski definition) is 3. The van der Waals surface area contributed by atoms with Crippen LogP contribution in [-0.4, -0.2) is 36.2 Å². The summed E-state index contributed by atoms with van der Waals surface area (Å²) in [7, 11) is 0. The number of anilines is 1. The Morgan fingerprint density at radius 3 is 2.74 bits per heavy atom. The number of benzene rings is 1. The van der Waals surface area contributed by atoms with Gasteiger partial charge in [-0.15, -0.1) is 0 Å². The first-order chi connectivity index (χ1) is 10.9. The Kier molecular flexibility index (Phi) is 5.30. The summed E-state index contributed by atoms with van der Waals surface area (Å²) in [6, 6.07) is 5.50. The summed E-state index contributed by atoms with van der Waals surface area (Å²) < 4.78 is 0. The number of nitrogens with zero attached hydrogens (tertiary/aromatic N) is 1. The highest BCUT2D eigenvalue weighted by atomic mass is 35.5. The Morgan fingerprint density at radius 2 is 2.09 bits per heavy atom. The fourth-order valence-corrected chi connectivity index (χ4v) is 2.23. The lowest BCUT2D eigenvalue weighted by atomic mass is 10.2. The largest absolute Gasteiger partial charge is 0.347 e. The molecule has 1 aliphatic heterocycles. The van der Waals surface area contributed by atoms with Gasteiger partial charge in [0.2, 0.25) is 11.8 Å². The van der Waals surface area contributed by atoms with E-state index in [0.29, 0.717) is 10.7 Å². The Morgan fingerprint density at radius 1 is 1.35 bits per heavy atom.